The number of benzene rings is 1. The molecule has 0 aliphatic heterocycles. The molecule has 5 N–H and O–H groups in total. The molecule has 35 heavy (non-hydrogen) atoms. The second-order valence-electron chi connectivity index (χ2n) is 8.25. The van der Waals surface area contributed by atoms with Crippen LogP contribution in [0.15, 0.2) is 52.7 Å². The number of aromatic nitrogens is 2. The largest absolute Gasteiger partial charge is 0.390 e. The van der Waals surface area contributed by atoms with Crippen LogP contribution >= 0.6 is 27.3 Å². The van der Waals surface area contributed by atoms with Crippen LogP contribution in [0.4, 0.5) is 5.82 Å². The molecule has 4 rings (SSSR count). The molecule has 0 unspecified atom stereocenters. The van der Waals surface area contributed by atoms with E-state index in [1.54, 1.807) is 0 Å². The summed E-state index contributed by atoms with van der Waals surface area (Å²) in [6.07, 6.45) is 1.03. The molecule has 1 aromatic carbocycles. The van der Waals surface area contributed by atoms with Crippen molar-refractivity contribution < 1.29 is 27.6 Å². The van der Waals surface area contributed by atoms with Gasteiger partial charge in [-0.1, -0.05) is 28.1 Å². The summed E-state index contributed by atoms with van der Waals surface area (Å²) in [6, 6.07) is 9.08. The van der Waals surface area contributed by atoms with Gasteiger partial charge in [-0.25, -0.2) is 15.1 Å². The Labute approximate surface area is 214 Å². The molecule has 1 saturated carbocycles. The van der Waals surface area contributed by atoms with E-state index in [9.17, 15) is 23.4 Å². The van der Waals surface area contributed by atoms with Gasteiger partial charge in [-0.2, -0.15) is 8.42 Å². The summed E-state index contributed by atoms with van der Waals surface area (Å²) in [4.78, 5) is 21.9. The lowest BCUT2D eigenvalue weighted by Crippen LogP contribution is -2.36. The normalized spacial score (nSPS) is 22.3. The van der Waals surface area contributed by atoms with Gasteiger partial charge in [0.2, 0.25) is 5.78 Å². The maximum absolute atomic E-state index is 13.3. The number of hydrogen-bond donors (Lipinski definition) is 4. The van der Waals surface area contributed by atoms with Gasteiger partial charge in [-0.15, -0.1) is 11.3 Å². The number of thiophene rings is 1. The van der Waals surface area contributed by atoms with E-state index in [-0.39, 0.29) is 30.2 Å². The number of ketones is 1. The molecule has 1 fully saturated rings. The van der Waals surface area contributed by atoms with Crippen LogP contribution in [-0.4, -0.2) is 59.2 Å². The fraction of sp³-hybridized carbons (Fsp3) is 0.318. The third kappa shape index (κ3) is 6.50. The minimum Gasteiger partial charge on any atom is -0.390 e. The molecule has 1 aliphatic rings. The Morgan fingerprint density at radius 1 is 1.26 bits per heavy atom. The number of aliphatic hydroxyl groups is 2. The molecule has 3 aromatic rings. The number of hydrogen-bond acceptors (Lipinski definition) is 10. The van der Waals surface area contributed by atoms with E-state index in [4.69, 9.17) is 5.14 Å². The number of nitrogens with one attached hydrogen (secondary N) is 1. The Bertz CT molecular complexity index is 1320. The van der Waals surface area contributed by atoms with Gasteiger partial charge in [-0.3, -0.25) is 8.98 Å². The van der Waals surface area contributed by atoms with E-state index < -0.39 is 34.5 Å². The van der Waals surface area contributed by atoms with Gasteiger partial charge in [0, 0.05) is 16.6 Å². The molecule has 10 nitrogen and oxygen atoms in total. The van der Waals surface area contributed by atoms with Gasteiger partial charge in [0.15, 0.2) is 0 Å². The Morgan fingerprint density at radius 3 is 2.80 bits per heavy atom. The van der Waals surface area contributed by atoms with Crippen molar-refractivity contribution in [2.45, 2.75) is 31.1 Å². The first-order valence-corrected chi connectivity index (χ1v) is 13.7. The smallest absolute Gasteiger partial charge is 0.333 e. The summed E-state index contributed by atoms with van der Waals surface area (Å²) in [5.41, 5.74) is 2.32. The fourth-order valence-electron chi connectivity index (χ4n) is 4.00. The van der Waals surface area contributed by atoms with Crippen LogP contribution in [0.5, 0.6) is 0 Å². The summed E-state index contributed by atoms with van der Waals surface area (Å²) in [5, 5.41) is 30.5. The van der Waals surface area contributed by atoms with Crippen molar-refractivity contribution in [2.75, 3.05) is 11.9 Å². The van der Waals surface area contributed by atoms with Crippen LogP contribution in [0, 0.1) is 5.92 Å². The summed E-state index contributed by atoms with van der Waals surface area (Å²) in [5.74, 6) is -0.753. The van der Waals surface area contributed by atoms with Crippen molar-refractivity contribution >= 4 is 49.2 Å². The van der Waals surface area contributed by atoms with Crippen molar-refractivity contribution in [3.63, 3.8) is 0 Å². The van der Waals surface area contributed by atoms with E-state index in [1.807, 2.05) is 35.7 Å². The second-order valence-corrected chi connectivity index (χ2v) is 11.3. The number of nitrogens with two attached hydrogens (primary N) is 1. The molecule has 0 bridgehead atoms. The minimum absolute atomic E-state index is 0.172. The van der Waals surface area contributed by atoms with Gasteiger partial charge in [0.1, 0.15) is 18.2 Å². The highest BCUT2D eigenvalue weighted by atomic mass is 79.9. The average Bonchev–Trinajstić information content (AvgIpc) is 3.37. The standard InChI is InChI=1S/C22H23BrN4O6S2/c23-15-3-1-2-12(5-15)4-13-6-18(34-10-13)20(29)16-8-25-11-26-22(16)27-17-7-14(19(28)21(17)30)9-33-35(24,31)32/h1-3,5-6,8,10-11,14,17,19,21,28,30H,4,7,9H2,(H2,24,31,32)(H,25,26,27)/t14-,17-,19-,21+/m1/s1. The first kappa shape index (κ1) is 25.8. The third-order valence-electron chi connectivity index (χ3n) is 5.70. The van der Waals surface area contributed by atoms with E-state index in [2.05, 4.69) is 35.4 Å². The summed E-state index contributed by atoms with van der Waals surface area (Å²) in [6.45, 7) is -0.374. The number of anilines is 1. The van der Waals surface area contributed by atoms with Crippen molar-refractivity contribution in [3.05, 3.63) is 74.3 Å². The lowest BCUT2D eigenvalue weighted by molar-refractivity contribution is 0.00778. The van der Waals surface area contributed by atoms with E-state index >= 15 is 0 Å². The summed E-state index contributed by atoms with van der Waals surface area (Å²) in [7, 11) is -4.18. The van der Waals surface area contributed by atoms with Crippen LogP contribution in [0.25, 0.3) is 0 Å². The number of rotatable bonds is 9. The first-order chi connectivity index (χ1) is 16.6. The average molecular weight is 583 g/mol. The minimum atomic E-state index is -4.18. The monoisotopic (exact) mass is 582 g/mol. The van der Waals surface area contributed by atoms with E-state index in [0.29, 0.717) is 11.3 Å². The maximum atomic E-state index is 13.3. The highest BCUT2D eigenvalue weighted by Gasteiger charge is 2.42. The van der Waals surface area contributed by atoms with Gasteiger partial charge in [-0.05, 0) is 47.5 Å². The zero-order chi connectivity index (χ0) is 25.2. The van der Waals surface area contributed by atoms with Crippen molar-refractivity contribution in [2.24, 2.45) is 11.1 Å². The highest BCUT2D eigenvalue weighted by molar-refractivity contribution is 9.10. The number of halogens is 1. The van der Waals surface area contributed by atoms with Crippen molar-refractivity contribution in [1.82, 2.24) is 9.97 Å². The van der Waals surface area contributed by atoms with Crippen LogP contribution in [0.2, 0.25) is 0 Å². The zero-order valence-corrected chi connectivity index (χ0v) is 21.5. The predicted octanol–water partition coefficient (Wildman–Crippen LogP) is 1.86. The molecule has 0 radical (unpaired) electrons. The number of nitrogens with zero attached hydrogens (tertiary/aromatic N) is 2. The fourth-order valence-corrected chi connectivity index (χ4v) is 5.68. The SMILES string of the molecule is NS(=O)(=O)OC[C@H]1C[C@@H](Nc2ncncc2C(=O)c2cc(Cc3cccc(Br)c3)cs2)[C@H](O)[C@@H]1O. The lowest BCUT2D eigenvalue weighted by Gasteiger charge is -2.19. The quantitative estimate of drug-likeness (QED) is 0.275. The molecule has 0 amide bonds. The molecular formula is C22H23BrN4O6S2. The molecule has 186 valence electrons. The molecule has 0 saturated heterocycles. The highest BCUT2D eigenvalue weighted by Crippen LogP contribution is 2.31. The Hall–Kier alpha value is -2.26. The molecule has 2 aromatic heterocycles. The summed E-state index contributed by atoms with van der Waals surface area (Å²) < 4.78 is 27.7. The van der Waals surface area contributed by atoms with Crippen LogP contribution in [-0.2, 0) is 20.9 Å². The van der Waals surface area contributed by atoms with E-state index in [0.717, 1.165) is 15.6 Å². The number of aliphatic hydroxyl groups excluding tert-OH is 2. The Balaban J connectivity index is 1.47. The van der Waals surface area contributed by atoms with Crippen molar-refractivity contribution in [3.8, 4) is 0 Å². The topological polar surface area (TPSA) is 165 Å². The van der Waals surface area contributed by atoms with Gasteiger partial charge < -0.3 is 15.5 Å². The molecule has 1 aliphatic carbocycles. The van der Waals surface area contributed by atoms with Crippen LogP contribution in [0.3, 0.4) is 0 Å². The molecule has 13 heteroatoms. The van der Waals surface area contributed by atoms with Crippen molar-refractivity contribution in [1.29, 1.82) is 0 Å². The van der Waals surface area contributed by atoms with Crippen LogP contribution < -0.4 is 10.5 Å². The second kappa shape index (κ2) is 10.8. The Morgan fingerprint density at radius 2 is 2.06 bits per heavy atom. The molecule has 2 heterocycles. The summed E-state index contributed by atoms with van der Waals surface area (Å²) >= 11 is 4.78. The predicted molar refractivity (Wildman–Crippen MR) is 133 cm³/mol. The maximum Gasteiger partial charge on any atom is 0.333 e. The molecular weight excluding hydrogens is 560 g/mol. The van der Waals surface area contributed by atoms with Gasteiger partial charge in [0.05, 0.1) is 29.2 Å². The number of carbonyl (C=O) groups is 1. The Kier molecular flexibility index (Phi) is 7.96. The van der Waals surface area contributed by atoms with Crippen LogP contribution in [0.1, 0.15) is 32.8 Å². The van der Waals surface area contributed by atoms with E-state index in [1.165, 1.54) is 23.9 Å². The zero-order valence-electron chi connectivity index (χ0n) is 18.2. The van der Waals surface area contributed by atoms with Gasteiger partial charge >= 0.3 is 10.3 Å². The first-order valence-electron chi connectivity index (χ1n) is 10.6. The third-order valence-corrected chi connectivity index (χ3v) is 7.64. The molecule has 0 spiro atoms. The molecule has 4 atom stereocenters. The number of carbonyl (C=O) groups excluding carboxylic acids is 1. The lowest BCUT2D eigenvalue weighted by atomic mass is 10.1. The van der Waals surface area contributed by atoms with Gasteiger partial charge in [0.25, 0.3) is 0 Å².